The highest BCUT2D eigenvalue weighted by atomic mass is 16.3. The van der Waals surface area contributed by atoms with Crippen molar-refractivity contribution in [1.82, 2.24) is 0 Å². The number of carbonyl (C=O) groups excluding carboxylic acids is 2. The predicted octanol–water partition coefficient (Wildman–Crippen LogP) is 2.45. The molecule has 5 nitrogen and oxygen atoms in total. The molecule has 0 bridgehead atoms. The monoisotopic (exact) mass is 349 g/mol. The molecule has 25 heavy (non-hydrogen) atoms. The second kappa shape index (κ2) is 5.52. The van der Waals surface area contributed by atoms with Crippen LogP contribution in [0, 0.1) is 22.7 Å². The van der Waals surface area contributed by atoms with Gasteiger partial charge < -0.3 is 15.3 Å². The van der Waals surface area contributed by atoms with E-state index in [1.165, 1.54) is 0 Å². The van der Waals surface area contributed by atoms with E-state index in [2.05, 4.69) is 0 Å². The molecule has 3 aliphatic carbocycles. The van der Waals surface area contributed by atoms with Gasteiger partial charge in [-0.2, -0.15) is 0 Å². The minimum Gasteiger partial charge on any atom is -0.504 e. The molecule has 0 aromatic rings. The lowest BCUT2D eigenvalue weighted by molar-refractivity contribution is -0.130. The predicted molar refractivity (Wildman–Crippen MR) is 94.7 cm³/mol. The summed E-state index contributed by atoms with van der Waals surface area (Å²) >= 11 is 0. The summed E-state index contributed by atoms with van der Waals surface area (Å²) in [6.07, 6.45) is 0.0454. The Morgan fingerprint density at radius 1 is 1.16 bits per heavy atom. The number of allylic oxidation sites excluding steroid dienone is 2. The van der Waals surface area contributed by atoms with E-state index in [-0.39, 0.29) is 39.8 Å². The zero-order valence-corrected chi connectivity index (χ0v) is 15.6. The first-order chi connectivity index (χ1) is 11.4. The Hall–Kier alpha value is -1.46. The molecule has 0 heterocycles. The van der Waals surface area contributed by atoms with Gasteiger partial charge in [0.05, 0.1) is 11.7 Å². The van der Waals surface area contributed by atoms with Gasteiger partial charge in [0.15, 0.2) is 5.76 Å². The number of hydrogen-bond donors (Lipinski definition) is 3. The van der Waals surface area contributed by atoms with Crippen molar-refractivity contribution in [2.24, 2.45) is 22.7 Å². The summed E-state index contributed by atoms with van der Waals surface area (Å²) in [6.45, 7) is 9.54. The van der Waals surface area contributed by atoms with Crippen molar-refractivity contribution in [2.75, 3.05) is 0 Å². The highest BCUT2D eigenvalue weighted by Gasteiger charge is 2.62. The summed E-state index contributed by atoms with van der Waals surface area (Å²) in [4.78, 5) is 23.8. The molecular weight excluding hydrogens is 320 g/mol. The third-order valence-corrected chi connectivity index (χ3v) is 6.63. The van der Waals surface area contributed by atoms with E-state index in [9.17, 15) is 24.9 Å². The molecule has 0 saturated heterocycles. The average molecular weight is 349 g/mol. The van der Waals surface area contributed by atoms with Crippen LogP contribution in [0.4, 0.5) is 0 Å². The van der Waals surface area contributed by atoms with Crippen LogP contribution in [0.5, 0.6) is 0 Å². The van der Waals surface area contributed by atoms with E-state index >= 15 is 0 Å². The van der Waals surface area contributed by atoms with Gasteiger partial charge in [-0.25, -0.2) is 0 Å². The molecule has 3 rings (SSSR count). The SMILES string of the molecule is CC(C)C1=C(O)C(=O)C2=C(C1=[OH+])C(O)C(O)[C@H]1C(C)(C)CCC[C@]21C. The summed E-state index contributed by atoms with van der Waals surface area (Å²) in [5.74, 6) is -1.81. The summed E-state index contributed by atoms with van der Waals surface area (Å²) in [5.41, 5.74) is -0.429. The number of aliphatic hydroxyl groups excluding tert-OH is 3. The summed E-state index contributed by atoms with van der Waals surface area (Å²) in [7, 11) is 0. The lowest BCUT2D eigenvalue weighted by Gasteiger charge is -2.57. The molecule has 1 saturated carbocycles. The lowest BCUT2D eigenvalue weighted by Crippen LogP contribution is -2.59. The van der Waals surface area contributed by atoms with Gasteiger partial charge >= 0.3 is 5.78 Å². The van der Waals surface area contributed by atoms with Gasteiger partial charge in [-0.05, 0) is 24.2 Å². The van der Waals surface area contributed by atoms with E-state index < -0.39 is 29.2 Å². The lowest BCUT2D eigenvalue weighted by atomic mass is 9.47. The molecule has 4 N–H and O–H groups in total. The third kappa shape index (κ3) is 2.28. The minimum atomic E-state index is -1.34. The van der Waals surface area contributed by atoms with Crippen molar-refractivity contribution < 1.29 is 24.9 Å². The maximum atomic E-state index is 13.1. The van der Waals surface area contributed by atoms with Crippen molar-refractivity contribution in [3.8, 4) is 0 Å². The fraction of sp³-hybridized carbons (Fsp3) is 0.700. The molecule has 5 heteroatoms. The Balaban J connectivity index is 2.27. The van der Waals surface area contributed by atoms with E-state index in [1.807, 2.05) is 20.8 Å². The van der Waals surface area contributed by atoms with Gasteiger partial charge in [-0.3, -0.25) is 9.59 Å². The fourth-order valence-electron chi connectivity index (χ4n) is 5.70. The molecule has 0 spiro atoms. The zero-order valence-electron chi connectivity index (χ0n) is 15.6. The molecule has 0 aliphatic heterocycles. The van der Waals surface area contributed by atoms with Crippen LogP contribution in [0.2, 0.25) is 0 Å². The van der Waals surface area contributed by atoms with Crippen LogP contribution in [0.15, 0.2) is 22.5 Å². The number of Topliss-reactive ketones (excluding diaryl/α,β-unsaturated/α-hetero) is 1. The summed E-state index contributed by atoms with van der Waals surface area (Å²) in [6, 6.07) is 0. The standard InChI is InChI=1S/C20H28O5/c1-9(2)10-13(21)11-12(16(24)14(10)22)20(5)8-6-7-19(3,4)18(20)17(25)15(11)23/h9,15,17-18,22-23,25H,6-8H2,1-5H3/p+1/t15?,17?,18-,20+/m0/s1. The highest BCUT2D eigenvalue weighted by Crippen LogP contribution is 2.61. The summed E-state index contributed by atoms with van der Waals surface area (Å²) in [5, 5.41) is 32.2. The van der Waals surface area contributed by atoms with Crippen LogP contribution >= 0.6 is 0 Å². The maximum Gasteiger partial charge on any atom is 0.353 e. The van der Waals surface area contributed by atoms with E-state index in [0.29, 0.717) is 6.42 Å². The van der Waals surface area contributed by atoms with Gasteiger partial charge in [-0.15, -0.1) is 0 Å². The second-order valence-corrected chi connectivity index (χ2v) is 9.06. The molecule has 0 amide bonds. The zero-order chi connectivity index (χ0) is 18.9. The van der Waals surface area contributed by atoms with Gasteiger partial charge in [0.2, 0.25) is 5.78 Å². The van der Waals surface area contributed by atoms with Crippen molar-refractivity contribution in [3.63, 3.8) is 0 Å². The van der Waals surface area contributed by atoms with E-state index in [1.54, 1.807) is 13.8 Å². The number of rotatable bonds is 1. The van der Waals surface area contributed by atoms with E-state index in [4.69, 9.17) is 0 Å². The first-order valence-electron chi connectivity index (χ1n) is 9.10. The molecule has 1 fully saturated rings. The van der Waals surface area contributed by atoms with Gasteiger partial charge in [0.1, 0.15) is 11.7 Å². The highest BCUT2D eigenvalue weighted by molar-refractivity contribution is 6.26. The van der Waals surface area contributed by atoms with E-state index in [0.717, 1.165) is 12.8 Å². The third-order valence-electron chi connectivity index (χ3n) is 6.63. The number of hydrogen-bond acceptors (Lipinski definition) is 4. The number of carbonyl (C=O) groups is 1. The minimum absolute atomic E-state index is 0.107. The van der Waals surface area contributed by atoms with Crippen molar-refractivity contribution in [3.05, 3.63) is 22.5 Å². The Morgan fingerprint density at radius 2 is 1.76 bits per heavy atom. The average Bonchev–Trinajstić information content (AvgIpc) is 2.47. The van der Waals surface area contributed by atoms with Crippen molar-refractivity contribution in [1.29, 1.82) is 0 Å². The molecule has 0 aromatic heterocycles. The number of aliphatic hydroxyl groups is 3. The van der Waals surface area contributed by atoms with Crippen LogP contribution in [-0.2, 0) is 4.79 Å². The van der Waals surface area contributed by atoms with Crippen LogP contribution in [-0.4, -0.2) is 43.9 Å². The Bertz CT molecular complexity index is 712. The van der Waals surface area contributed by atoms with Crippen molar-refractivity contribution >= 4 is 11.6 Å². The Kier molecular flexibility index (Phi) is 4.05. The normalized spacial score (nSPS) is 38.2. The van der Waals surface area contributed by atoms with Crippen LogP contribution in [0.1, 0.15) is 53.9 Å². The van der Waals surface area contributed by atoms with Crippen LogP contribution in [0.3, 0.4) is 0 Å². The first kappa shape index (κ1) is 18.3. The fourth-order valence-corrected chi connectivity index (χ4v) is 5.70. The van der Waals surface area contributed by atoms with Gasteiger partial charge in [0.25, 0.3) is 0 Å². The smallest absolute Gasteiger partial charge is 0.353 e. The molecule has 4 atom stereocenters. The molecule has 138 valence electrons. The van der Waals surface area contributed by atoms with Crippen LogP contribution < -0.4 is 0 Å². The second-order valence-electron chi connectivity index (χ2n) is 9.06. The van der Waals surface area contributed by atoms with Gasteiger partial charge in [0, 0.05) is 16.9 Å². The first-order valence-corrected chi connectivity index (χ1v) is 9.10. The Labute approximate surface area is 148 Å². The topological polar surface area (TPSA) is 99.2 Å². The maximum absolute atomic E-state index is 13.1. The molecule has 0 radical (unpaired) electrons. The molecule has 3 aliphatic rings. The van der Waals surface area contributed by atoms with Crippen molar-refractivity contribution in [2.45, 2.75) is 66.1 Å². The largest absolute Gasteiger partial charge is 0.504 e. The van der Waals surface area contributed by atoms with Crippen LogP contribution in [0.25, 0.3) is 0 Å². The number of fused-ring (bicyclic) bond motifs is 2. The summed E-state index contributed by atoms with van der Waals surface area (Å²) < 4.78 is 0. The Morgan fingerprint density at radius 3 is 2.32 bits per heavy atom. The molecule has 2 unspecified atom stereocenters. The number of ketones is 2. The quantitative estimate of drug-likeness (QED) is 0.500. The van der Waals surface area contributed by atoms with Gasteiger partial charge in [-0.1, -0.05) is 41.0 Å². The molecular formula is C20H29O5+. The molecule has 0 aromatic carbocycles.